The van der Waals surface area contributed by atoms with E-state index in [0.29, 0.717) is 11.7 Å². The van der Waals surface area contributed by atoms with Crippen LogP contribution in [0.1, 0.15) is 45.4 Å². The van der Waals surface area contributed by atoms with Gasteiger partial charge in [0.25, 0.3) is 0 Å². The lowest BCUT2D eigenvalue weighted by molar-refractivity contribution is -0.119. The summed E-state index contributed by atoms with van der Waals surface area (Å²) in [5.74, 6) is 1.10. The van der Waals surface area contributed by atoms with Gasteiger partial charge < -0.3 is 4.74 Å². The monoisotopic (exact) mass is 184 g/mol. The van der Waals surface area contributed by atoms with Crippen LogP contribution in [0.4, 0.5) is 0 Å². The summed E-state index contributed by atoms with van der Waals surface area (Å²) in [5.41, 5.74) is 0. The first-order valence-electron chi connectivity index (χ1n) is 5.42. The Morgan fingerprint density at radius 2 is 2.31 bits per heavy atom. The normalized spacial score (nSPS) is 22.1. The van der Waals surface area contributed by atoms with Gasteiger partial charge in [-0.15, -0.1) is 0 Å². The third-order valence-electron chi connectivity index (χ3n) is 2.66. The van der Waals surface area contributed by atoms with E-state index in [4.69, 9.17) is 4.74 Å². The molecule has 0 bridgehead atoms. The van der Waals surface area contributed by atoms with Gasteiger partial charge >= 0.3 is 0 Å². The first kappa shape index (κ1) is 10.7. The number of ether oxygens (including phenoxy) is 1. The SMILES string of the molecule is CCCCC(=O)CCC1CCOC1. The van der Waals surface area contributed by atoms with Gasteiger partial charge in [0.1, 0.15) is 5.78 Å². The standard InChI is InChI=1S/C11H20O2/c1-2-3-4-11(12)6-5-10-7-8-13-9-10/h10H,2-9H2,1H3. The molecular formula is C11H20O2. The molecule has 2 heteroatoms. The largest absolute Gasteiger partial charge is 0.381 e. The molecule has 1 rings (SSSR count). The molecule has 2 nitrogen and oxygen atoms in total. The zero-order valence-corrected chi connectivity index (χ0v) is 8.55. The van der Waals surface area contributed by atoms with Crippen LogP contribution in [-0.4, -0.2) is 19.0 Å². The lowest BCUT2D eigenvalue weighted by Gasteiger charge is -2.05. The summed E-state index contributed by atoms with van der Waals surface area (Å²) in [4.78, 5) is 11.3. The van der Waals surface area contributed by atoms with E-state index in [0.717, 1.165) is 51.7 Å². The molecule has 0 N–H and O–H groups in total. The predicted molar refractivity (Wildman–Crippen MR) is 52.7 cm³/mol. The minimum atomic E-state index is 0.439. The minimum Gasteiger partial charge on any atom is -0.381 e. The molecule has 76 valence electrons. The molecule has 0 spiro atoms. The molecule has 1 aliphatic heterocycles. The van der Waals surface area contributed by atoms with Crippen molar-refractivity contribution in [3.63, 3.8) is 0 Å². The number of ketones is 1. The van der Waals surface area contributed by atoms with Crippen LogP contribution in [0.2, 0.25) is 0 Å². The van der Waals surface area contributed by atoms with Crippen molar-refractivity contribution in [1.82, 2.24) is 0 Å². The molecule has 1 heterocycles. The Labute approximate surface area is 80.7 Å². The highest BCUT2D eigenvalue weighted by Crippen LogP contribution is 2.18. The van der Waals surface area contributed by atoms with Crippen LogP contribution in [0.5, 0.6) is 0 Å². The van der Waals surface area contributed by atoms with E-state index < -0.39 is 0 Å². The van der Waals surface area contributed by atoms with Crippen LogP contribution in [0.3, 0.4) is 0 Å². The van der Waals surface area contributed by atoms with Crippen molar-refractivity contribution in [3.05, 3.63) is 0 Å². The summed E-state index contributed by atoms with van der Waals surface area (Å²) in [7, 11) is 0. The van der Waals surface area contributed by atoms with Crippen molar-refractivity contribution in [3.8, 4) is 0 Å². The van der Waals surface area contributed by atoms with E-state index in [9.17, 15) is 4.79 Å². The Morgan fingerprint density at radius 3 is 2.92 bits per heavy atom. The van der Waals surface area contributed by atoms with Crippen molar-refractivity contribution < 1.29 is 9.53 Å². The molecule has 13 heavy (non-hydrogen) atoms. The highest BCUT2D eigenvalue weighted by Gasteiger charge is 2.16. The van der Waals surface area contributed by atoms with Crippen molar-refractivity contribution in [2.75, 3.05) is 13.2 Å². The molecule has 1 aliphatic rings. The number of unbranched alkanes of at least 4 members (excludes halogenated alkanes) is 1. The van der Waals surface area contributed by atoms with E-state index in [1.54, 1.807) is 0 Å². The van der Waals surface area contributed by atoms with Gasteiger partial charge in [0.2, 0.25) is 0 Å². The summed E-state index contributed by atoms with van der Waals surface area (Å²) < 4.78 is 5.26. The fraction of sp³-hybridized carbons (Fsp3) is 0.909. The molecule has 0 aromatic rings. The maximum atomic E-state index is 11.3. The van der Waals surface area contributed by atoms with Crippen LogP contribution >= 0.6 is 0 Å². The second-order valence-corrected chi connectivity index (χ2v) is 3.91. The number of Topliss-reactive ketones (excluding diaryl/α,β-unsaturated/α-hetero) is 1. The summed E-state index contributed by atoms with van der Waals surface area (Å²) >= 11 is 0. The third kappa shape index (κ3) is 4.41. The number of rotatable bonds is 6. The highest BCUT2D eigenvalue weighted by atomic mass is 16.5. The van der Waals surface area contributed by atoms with Gasteiger partial charge in [0.15, 0.2) is 0 Å². The summed E-state index contributed by atoms with van der Waals surface area (Å²) in [6.07, 6.45) is 5.93. The topological polar surface area (TPSA) is 26.3 Å². The van der Waals surface area contributed by atoms with Gasteiger partial charge in [-0.3, -0.25) is 4.79 Å². The summed E-state index contributed by atoms with van der Waals surface area (Å²) in [6.45, 7) is 3.90. The molecule has 0 aliphatic carbocycles. The van der Waals surface area contributed by atoms with E-state index in [1.807, 2.05) is 0 Å². The van der Waals surface area contributed by atoms with E-state index in [1.165, 1.54) is 0 Å². The predicted octanol–water partition coefficient (Wildman–Crippen LogP) is 2.56. The van der Waals surface area contributed by atoms with Crippen molar-refractivity contribution in [2.24, 2.45) is 5.92 Å². The van der Waals surface area contributed by atoms with E-state index >= 15 is 0 Å². The van der Waals surface area contributed by atoms with Crippen LogP contribution in [0, 0.1) is 5.92 Å². The maximum Gasteiger partial charge on any atom is 0.132 e. The molecular weight excluding hydrogens is 164 g/mol. The fourth-order valence-electron chi connectivity index (χ4n) is 1.68. The first-order chi connectivity index (χ1) is 6.33. The number of hydrogen-bond acceptors (Lipinski definition) is 2. The smallest absolute Gasteiger partial charge is 0.132 e. The number of carbonyl (C=O) groups is 1. The molecule has 0 aromatic carbocycles. The summed E-state index contributed by atoms with van der Waals surface area (Å²) in [5, 5.41) is 0. The van der Waals surface area contributed by atoms with Gasteiger partial charge in [0, 0.05) is 26.1 Å². The Morgan fingerprint density at radius 1 is 1.46 bits per heavy atom. The van der Waals surface area contributed by atoms with Gasteiger partial charge in [0.05, 0.1) is 0 Å². The van der Waals surface area contributed by atoms with Crippen LogP contribution < -0.4 is 0 Å². The van der Waals surface area contributed by atoms with Crippen molar-refractivity contribution in [2.45, 2.75) is 45.4 Å². The van der Waals surface area contributed by atoms with Crippen LogP contribution in [0.25, 0.3) is 0 Å². The van der Waals surface area contributed by atoms with Crippen LogP contribution in [0.15, 0.2) is 0 Å². The Kier molecular flexibility index (Phi) is 5.06. The van der Waals surface area contributed by atoms with Gasteiger partial charge in [-0.2, -0.15) is 0 Å². The maximum absolute atomic E-state index is 11.3. The van der Waals surface area contributed by atoms with Gasteiger partial charge in [-0.25, -0.2) is 0 Å². The minimum absolute atomic E-state index is 0.439. The highest BCUT2D eigenvalue weighted by molar-refractivity contribution is 5.78. The Bertz CT molecular complexity index is 148. The lowest BCUT2D eigenvalue weighted by atomic mass is 9.99. The lowest BCUT2D eigenvalue weighted by Crippen LogP contribution is -2.04. The second-order valence-electron chi connectivity index (χ2n) is 3.91. The zero-order valence-electron chi connectivity index (χ0n) is 8.55. The average molecular weight is 184 g/mol. The Balaban J connectivity index is 2.00. The average Bonchev–Trinajstić information content (AvgIpc) is 2.64. The van der Waals surface area contributed by atoms with Crippen LogP contribution in [-0.2, 0) is 9.53 Å². The molecule has 1 unspecified atom stereocenters. The molecule has 1 atom stereocenters. The van der Waals surface area contributed by atoms with Gasteiger partial charge in [-0.05, 0) is 25.2 Å². The van der Waals surface area contributed by atoms with Crippen molar-refractivity contribution in [1.29, 1.82) is 0 Å². The molecule has 1 saturated heterocycles. The first-order valence-corrected chi connectivity index (χ1v) is 5.42. The van der Waals surface area contributed by atoms with Gasteiger partial charge in [-0.1, -0.05) is 13.3 Å². The Hall–Kier alpha value is -0.370. The zero-order chi connectivity index (χ0) is 9.52. The van der Waals surface area contributed by atoms with E-state index in [2.05, 4.69) is 6.92 Å². The number of carbonyl (C=O) groups excluding carboxylic acids is 1. The van der Waals surface area contributed by atoms with E-state index in [-0.39, 0.29) is 0 Å². The van der Waals surface area contributed by atoms with Crippen molar-refractivity contribution >= 4 is 5.78 Å². The number of hydrogen-bond donors (Lipinski definition) is 0. The molecule has 0 aromatic heterocycles. The third-order valence-corrected chi connectivity index (χ3v) is 2.66. The second kappa shape index (κ2) is 6.14. The molecule has 1 fully saturated rings. The molecule has 0 radical (unpaired) electrons. The summed E-state index contributed by atoms with van der Waals surface area (Å²) in [6, 6.07) is 0. The molecule has 0 amide bonds. The quantitative estimate of drug-likeness (QED) is 0.634. The molecule has 0 saturated carbocycles. The fourth-order valence-corrected chi connectivity index (χ4v) is 1.68.